The van der Waals surface area contributed by atoms with Crippen LogP contribution < -0.4 is 0 Å². The lowest BCUT2D eigenvalue weighted by molar-refractivity contribution is 0.0988. The second-order valence-electron chi connectivity index (χ2n) is 2.92. The molecule has 0 aliphatic carbocycles. The number of nitriles is 1. The monoisotopic (exact) mass is 251 g/mol. The number of nitrogens with zero attached hydrogens (tertiary/aromatic N) is 1. The van der Waals surface area contributed by atoms with E-state index < -0.39 is 0 Å². The smallest absolute Gasteiger partial charge is 0.162 e. The largest absolute Gasteiger partial charge is 0.294 e. The fourth-order valence-corrected chi connectivity index (χ4v) is 1.56. The zero-order valence-electron chi connectivity index (χ0n) is 7.88. The number of carbonyl (C=O) groups is 1. The minimum Gasteiger partial charge on any atom is -0.294 e. The predicted molar refractivity (Wildman–Crippen MR) is 58.1 cm³/mol. The summed E-state index contributed by atoms with van der Waals surface area (Å²) in [5.74, 6) is 0.108. The van der Waals surface area contributed by atoms with Crippen LogP contribution in [0.4, 0.5) is 0 Å². The van der Waals surface area contributed by atoms with Crippen LogP contribution in [0.2, 0.25) is 0 Å². The molecular formula is C11H10BrNO. The SMILES string of the molecule is CCC(=O)c1ccc(Br)c(CC#N)c1. The van der Waals surface area contributed by atoms with E-state index in [1.807, 2.05) is 13.0 Å². The van der Waals surface area contributed by atoms with Crippen molar-refractivity contribution in [3.63, 3.8) is 0 Å². The summed E-state index contributed by atoms with van der Waals surface area (Å²) in [4.78, 5) is 11.4. The Kier molecular flexibility index (Phi) is 3.84. The molecular weight excluding hydrogens is 242 g/mol. The van der Waals surface area contributed by atoms with E-state index in [-0.39, 0.29) is 5.78 Å². The van der Waals surface area contributed by atoms with Gasteiger partial charge < -0.3 is 0 Å². The fourth-order valence-electron chi connectivity index (χ4n) is 1.17. The average molecular weight is 252 g/mol. The minimum absolute atomic E-state index is 0.108. The Morgan fingerprint density at radius 1 is 1.57 bits per heavy atom. The molecule has 0 heterocycles. The normalized spacial score (nSPS) is 9.50. The van der Waals surface area contributed by atoms with Gasteiger partial charge in [0.2, 0.25) is 0 Å². The van der Waals surface area contributed by atoms with Crippen LogP contribution in [0, 0.1) is 11.3 Å². The molecule has 0 bridgehead atoms. The summed E-state index contributed by atoms with van der Waals surface area (Å²) in [6.45, 7) is 1.83. The van der Waals surface area contributed by atoms with Crippen LogP contribution in [0.15, 0.2) is 22.7 Å². The molecule has 0 fully saturated rings. The van der Waals surface area contributed by atoms with Crippen LogP contribution in [0.5, 0.6) is 0 Å². The van der Waals surface area contributed by atoms with E-state index in [1.165, 1.54) is 0 Å². The fraction of sp³-hybridized carbons (Fsp3) is 0.273. The zero-order chi connectivity index (χ0) is 10.6. The summed E-state index contributed by atoms with van der Waals surface area (Å²) in [7, 11) is 0. The molecule has 0 saturated carbocycles. The number of rotatable bonds is 3. The summed E-state index contributed by atoms with van der Waals surface area (Å²) in [6, 6.07) is 7.43. The highest BCUT2D eigenvalue weighted by Crippen LogP contribution is 2.19. The lowest BCUT2D eigenvalue weighted by atomic mass is 10.0. The lowest BCUT2D eigenvalue weighted by Crippen LogP contribution is -1.98. The number of benzene rings is 1. The van der Waals surface area contributed by atoms with E-state index >= 15 is 0 Å². The van der Waals surface area contributed by atoms with Crippen molar-refractivity contribution in [3.8, 4) is 6.07 Å². The summed E-state index contributed by atoms with van der Waals surface area (Å²) in [6.07, 6.45) is 0.818. The first-order valence-electron chi connectivity index (χ1n) is 4.37. The van der Waals surface area contributed by atoms with Crippen molar-refractivity contribution in [3.05, 3.63) is 33.8 Å². The third-order valence-electron chi connectivity index (χ3n) is 1.96. The molecule has 0 saturated heterocycles. The molecule has 1 aromatic carbocycles. The van der Waals surface area contributed by atoms with E-state index in [4.69, 9.17) is 5.26 Å². The summed E-state index contributed by atoms with van der Waals surface area (Å²) in [5.41, 5.74) is 1.55. The lowest BCUT2D eigenvalue weighted by Gasteiger charge is -2.02. The van der Waals surface area contributed by atoms with Crippen LogP contribution in [0.1, 0.15) is 29.3 Å². The topological polar surface area (TPSA) is 40.9 Å². The van der Waals surface area contributed by atoms with Crippen molar-refractivity contribution >= 4 is 21.7 Å². The molecule has 14 heavy (non-hydrogen) atoms. The number of ketones is 1. The molecule has 0 spiro atoms. The Balaban J connectivity index is 3.07. The molecule has 0 amide bonds. The maximum absolute atomic E-state index is 11.4. The van der Waals surface area contributed by atoms with E-state index in [2.05, 4.69) is 22.0 Å². The van der Waals surface area contributed by atoms with Gasteiger partial charge in [-0.1, -0.05) is 28.9 Å². The number of hydrogen-bond donors (Lipinski definition) is 0. The maximum Gasteiger partial charge on any atom is 0.162 e. The highest BCUT2D eigenvalue weighted by Gasteiger charge is 2.06. The van der Waals surface area contributed by atoms with Crippen molar-refractivity contribution in [2.75, 3.05) is 0 Å². The van der Waals surface area contributed by atoms with Crippen LogP contribution in [-0.4, -0.2) is 5.78 Å². The molecule has 0 unspecified atom stereocenters. The van der Waals surface area contributed by atoms with Crippen LogP contribution in [-0.2, 0) is 6.42 Å². The maximum atomic E-state index is 11.4. The van der Waals surface area contributed by atoms with Crippen molar-refractivity contribution in [2.24, 2.45) is 0 Å². The van der Waals surface area contributed by atoms with E-state index in [1.54, 1.807) is 12.1 Å². The standard InChI is InChI=1S/C11H10BrNO/c1-2-11(14)9-3-4-10(12)8(7-9)5-6-13/h3-4,7H,2,5H2,1H3. The molecule has 2 nitrogen and oxygen atoms in total. The molecule has 1 rings (SSSR count). The summed E-state index contributed by atoms with van der Waals surface area (Å²) < 4.78 is 0.881. The van der Waals surface area contributed by atoms with Crippen molar-refractivity contribution in [1.82, 2.24) is 0 Å². The van der Waals surface area contributed by atoms with Gasteiger partial charge in [0.05, 0.1) is 12.5 Å². The molecule has 3 heteroatoms. The summed E-state index contributed by atoms with van der Waals surface area (Å²) in [5, 5.41) is 8.58. The highest BCUT2D eigenvalue weighted by atomic mass is 79.9. The summed E-state index contributed by atoms with van der Waals surface area (Å²) >= 11 is 3.34. The van der Waals surface area contributed by atoms with Crippen molar-refractivity contribution in [2.45, 2.75) is 19.8 Å². The molecule has 1 aromatic rings. The molecule has 0 aliphatic rings. The third kappa shape index (κ3) is 2.43. The Labute approximate surface area is 91.7 Å². The van der Waals surface area contributed by atoms with Gasteiger partial charge in [0.15, 0.2) is 5.78 Å². The van der Waals surface area contributed by atoms with Crippen LogP contribution >= 0.6 is 15.9 Å². The quantitative estimate of drug-likeness (QED) is 0.775. The number of Topliss-reactive ketones (excluding diaryl/α,β-unsaturated/α-hetero) is 1. The van der Waals surface area contributed by atoms with E-state index in [0.29, 0.717) is 18.4 Å². The first-order chi connectivity index (χ1) is 6.69. The molecule has 0 atom stereocenters. The molecule has 0 radical (unpaired) electrons. The molecule has 0 aliphatic heterocycles. The van der Waals surface area contributed by atoms with Gasteiger partial charge >= 0.3 is 0 Å². The molecule has 0 N–H and O–H groups in total. The Hall–Kier alpha value is -1.14. The first kappa shape index (κ1) is 10.9. The van der Waals surface area contributed by atoms with Gasteiger partial charge in [0, 0.05) is 16.5 Å². The molecule has 72 valence electrons. The third-order valence-corrected chi connectivity index (χ3v) is 2.73. The highest BCUT2D eigenvalue weighted by molar-refractivity contribution is 9.10. The van der Waals surface area contributed by atoms with Gasteiger partial charge in [0.25, 0.3) is 0 Å². The number of halogens is 1. The van der Waals surface area contributed by atoms with Gasteiger partial charge in [-0.2, -0.15) is 5.26 Å². The first-order valence-corrected chi connectivity index (χ1v) is 5.17. The number of hydrogen-bond acceptors (Lipinski definition) is 2. The second-order valence-corrected chi connectivity index (χ2v) is 3.77. The van der Waals surface area contributed by atoms with Gasteiger partial charge in [-0.3, -0.25) is 4.79 Å². The van der Waals surface area contributed by atoms with Crippen LogP contribution in [0.25, 0.3) is 0 Å². The van der Waals surface area contributed by atoms with E-state index in [0.717, 1.165) is 10.0 Å². The Morgan fingerprint density at radius 3 is 2.86 bits per heavy atom. The van der Waals surface area contributed by atoms with Crippen molar-refractivity contribution in [1.29, 1.82) is 5.26 Å². The molecule has 0 aromatic heterocycles. The van der Waals surface area contributed by atoms with Crippen LogP contribution in [0.3, 0.4) is 0 Å². The van der Waals surface area contributed by atoms with Gasteiger partial charge in [-0.25, -0.2) is 0 Å². The Morgan fingerprint density at radius 2 is 2.29 bits per heavy atom. The van der Waals surface area contributed by atoms with Gasteiger partial charge in [-0.05, 0) is 17.7 Å². The zero-order valence-corrected chi connectivity index (χ0v) is 9.47. The van der Waals surface area contributed by atoms with Gasteiger partial charge in [0.1, 0.15) is 0 Å². The minimum atomic E-state index is 0.108. The van der Waals surface area contributed by atoms with E-state index in [9.17, 15) is 4.79 Å². The second kappa shape index (κ2) is 4.92. The predicted octanol–water partition coefficient (Wildman–Crippen LogP) is 3.11. The number of carbonyl (C=O) groups excluding carboxylic acids is 1. The van der Waals surface area contributed by atoms with Gasteiger partial charge in [-0.15, -0.1) is 0 Å². The average Bonchev–Trinajstić information content (AvgIpc) is 2.20. The Bertz CT molecular complexity index is 393. The van der Waals surface area contributed by atoms with Crippen molar-refractivity contribution < 1.29 is 4.79 Å².